The van der Waals surface area contributed by atoms with Crippen molar-refractivity contribution in [1.82, 2.24) is 14.5 Å². The first-order valence-corrected chi connectivity index (χ1v) is 15.9. The Balaban J connectivity index is 1.37. The summed E-state index contributed by atoms with van der Waals surface area (Å²) in [5, 5.41) is 9.51. The van der Waals surface area contributed by atoms with E-state index in [1.165, 1.54) is 10.5 Å². The quantitative estimate of drug-likeness (QED) is 0.220. The van der Waals surface area contributed by atoms with Gasteiger partial charge in [0.25, 0.3) is 0 Å². The summed E-state index contributed by atoms with van der Waals surface area (Å²) in [6.45, 7) is 0. The zero-order valence-corrected chi connectivity index (χ0v) is 24.8. The van der Waals surface area contributed by atoms with Crippen LogP contribution in [0.5, 0.6) is 0 Å². The lowest BCUT2D eigenvalue weighted by molar-refractivity contribution is 0.670. The lowest BCUT2D eigenvalue weighted by Gasteiger charge is -2.12. The monoisotopic (exact) mass is 596 g/mol. The predicted molar refractivity (Wildman–Crippen MR) is 185 cm³/mol. The Bertz CT molecular complexity index is 2610. The molecule has 0 saturated carbocycles. The van der Waals surface area contributed by atoms with E-state index >= 15 is 0 Å². The molecule has 6 aromatic carbocycles. The van der Waals surface area contributed by atoms with E-state index in [9.17, 15) is 0 Å². The SMILES string of the molecule is c1ccc(-c2nc(-n3c4ccccc4c4c5c(c6c7ccccc7oc6c43)SC(c3ccccc3)N5)nc3ccccc23)cc1. The highest BCUT2D eigenvalue weighted by Gasteiger charge is 2.33. The molecule has 45 heavy (non-hydrogen) atoms. The fraction of sp³-hybridized carbons (Fsp3) is 0.0256. The highest BCUT2D eigenvalue weighted by atomic mass is 32.2. The van der Waals surface area contributed by atoms with Gasteiger partial charge in [-0.1, -0.05) is 127 Å². The van der Waals surface area contributed by atoms with Crippen molar-refractivity contribution in [2.24, 2.45) is 0 Å². The lowest BCUT2D eigenvalue weighted by Crippen LogP contribution is -2.04. The molecule has 1 atom stereocenters. The molecule has 6 heteroatoms. The fourth-order valence-electron chi connectivity index (χ4n) is 6.89. The molecular formula is C39H24N4OS. The molecule has 1 aliphatic rings. The summed E-state index contributed by atoms with van der Waals surface area (Å²) in [5.41, 5.74) is 8.94. The van der Waals surface area contributed by atoms with E-state index in [-0.39, 0.29) is 5.37 Å². The van der Waals surface area contributed by atoms with Crippen LogP contribution < -0.4 is 5.32 Å². The van der Waals surface area contributed by atoms with Gasteiger partial charge in [-0.2, -0.15) is 0 Å². The average molecular weight is 597 g/mol. The number of benzene rings is 6. The Morgan fingerprint density at radius 1 is 0.644 bits per heavy atom. The van der Waals surface area contributed by atoms with Gasteiger partial charge in [0.2, 0.25) is 5.95 Å². The van der Waals surface area contributed by atoms with Gasteiger partial charge in [-0.05, 0) is 23.8 Å². The predicted octanol–water partition coefficient (Wildman–Crippen LogP) is 10.5. The van der Waals surface area contributed by atoms with Crippen LogP contribution in [0.1, 0.15) is 10.9 Å². The number of furan rings is 1. The van der Waals surface area contributed by atoms with Crippen LogP contribution >= 0.6 is 11.8 Å². The van der Waals surface area contributed by atoms with E-state index in [0.717, 1.165) is 71.6 Å². The van der Waals surface area contributed by atoms with Crippen molar-refractivity contribution in [1.29, 1.82) is 0 Å². The van der Waals surface area contributed by atoms with Crippen LogP contribution in [0.15, 0.2) is 143 Å². The Labute approximate surface area is 262 Å². The van der Waals surface area contributed by atoms with E-state index in [4.69, 9.17) is 14.4 Å². The van der Waals surface area contributed by atoms with Crippen LogP contribution in [0, 0.1) is 0 Å². The maximum atomic E-state index is 6.81. The van der Waals surface area contributed by atoms with E-state index in [0.29, 0.717) is 5.95 Å². The van der Waals surface area contributed by atoms with Crippen LogP contribution in [0.2, 0.25) is 0 Å². The minimum atomic E-state index is 0.0763. The zero-order chi connectivity index (χ0) is 29.5. The zero-order valence-electron chi connectivity index (χ0n) is 23.9. The summed E-state index contributed by atoms with van der Waals surface area (Å²) in [6, 6.07) is 46.2. The summed E-state index contributed by atoms with van der Waals surface area (Å²) in [4.78, 5) is 11.7. The summed E-state index contributed by atoms with van der Waals surface area (Å²) in [6.07, 6.45) is 0. The molecule has 1 N–H and O–H groups in total. The third-order valence-electron chi connectivity index (χ3n) is 8.84. The van der Waals surface area contributed by atoms with Gasteiger partial charge >= 0.3 is 0 Å². The van der Waals surface area contributed by atoms with Gasteiger partial charge < -0.3 is 9.73 Å². The van der Waals surface area contributed by atoms with Crippen LogP contribution in [-0.2, 0) is 0 Å². The number of para-hydroxylation sites is 3. The molecule has 0 bridgehead atoms. The summed E-state index contributed by atoms with van der Waals surface area (Å²) in [7, 11) is 0. The van der Waals surface area contributed by atoms with Crippen molar-refractivity contribution < 1.29 is 4.42 Å². The van der Waals surface area contributed by atoms with Crippen molar-refractivity contribution in [3.8, 4) is 17.2 Å². The standard InChI is InChI=1S/C39H24N4OS/c1-3-13-23(14-4-1)33-25-17-7-10-20-28(25)40-39(42-33)43-29-21-11-8-18-26(29)31-34-37(45-38(41-34)24-15-5-2-6-16-24)32-27-19-9-12-22-30(27)44-36(32)35(31)43/h1-22,38,41H. The number of hydrogen-bond donors (Lipinski definition) is 1. The smallest absolute Gasteiger partial charge is 0.235 e. The second-order valence-corrected chi connectivity index (χ2v) is 12.5. The number of nitrogens with zero attached hydrogens (tertiary/aromatic N) is 3. The molecule has 0 spiro atoms. The number of aromatic nitrogens is 3. The molecule has 212 valence electrons. The molecule has 0 radical (unpaired) electrons. The topological polar surface area (TPSA) is 55.9 Å². The van der Waals surface area contributed by atoms with Crippen molar-refractivity contribution in [2.45, 2.75) is 10.3 Å². The Hall–Kier alpha value is -5.59. The van der Waals surface area contributed by atoms with Crippen LogP contribution in [0.3, 0.4) is 0 Å². The number of rotatable bonds is 3. The molecule has 10 rings (SSSR count). The number of thioether (sulfide) groups is 1. The first-order chi connectivity index (χ1) is 22.3. The number of fused-ring (bicyclic) bond motifs is 11. The second-order valence-electron chi connectivity index (χ2n) is 11.4. The average Bonchev–Trinajstić information content (AvgIpc) is 3.81. The molecule has 1 aliphatic heterocycles. The lowest BCUT2D eigenvalue weighted by atomic mass is 10.1. The molecule has 0 fully saturated rings. The summed E-state index contributed by atoms with van der Waals surface area (Å²) in [5.74, 6) is 0.616. The van der Waals surface area contributed by atoms with Crippen molar-refractivity contribution >= 4 is 72.1 Å². The second kappa shape index (κ2) is 9.45. The van der Waals surface area contributed by atoms with Gasteiger partial charge in [-0.15, -0.1) is 0 Å². The van der Waals surface area contributed by atoms with Gasteiger partial charge in [0, 0.05) is 37.4 Å². The molecular weight excluding hydrogens is 573 g/mol. The first-order valence-electron chi connectivity index (χ1n) is 15.0. The van der Waals surface area contributed by atoms with E-state index in [2.05, 4.69) is 119 Å². The molecule has 9 aromatic rings. The molecule has 0 aliphatic carbocycles. The molecule has 1 unspecified atom stereocenters. The van der Waals surface area contributed by atoms with Gasteiger partial charge in [-0.3, -0.25) is 4.57 Å². The number of nitrogens with one attached hydrogen (secondary N) is 1. The van der Waals surface area contributed by atoms with E-state index < -0.39 is 0 Å². The Morgan fingerprint density at radius 2 is 1.33 bits per heavy atom. The molecule has 5 nitrogen and oxygen atoms in total. The first kappa shape index (κ1) is 24.8. The van der Waals surface area contributed by atoms with Crippen LogP contribution in [0.4, 0.5) is 5.69 Å². The molecule has 3 aromatic heterocycles. The van der Waals surface area contributed by atoms with Gasteiger partial charge in [0.15, 0.2) is 5.58 Å². The van der Waals surface area contributed by atoms with Crippen molar-refractivity contribution in [3.63, 3.8) is 0 Å². The molecule has 4 heterocycles. The van der Waals surface area contributed by atoms with Crippen LogP contribution in [-0.4, -0.2) is 14.5 Å². The minimum absolute atomic E-state index is 0.0763. The largest absolute Gasteiger partial charge is 0.454 e. The van der Waals surface area contributed by atoms with Gasteiger partial charge in [0.1, 0.15) is 16.5 Å². The van der Waals surface area contributed by atoms with Gasteiger partial charge in [-0.25, -0.2) is 9.97 Å². The fourth-order valence-corrected chi connectivity index (χ4v) is 8.19. The van der Waals surface area contributed by atoms with E-state index in [1.54, 1.807) is 0 Å². The molecule has 0 amide bonds. The number of hydrogen-bond acceptors (Lipinski definition) is 5. The third kappa shape index (κ3) is 3.57. The highest BCUT2D eigenvalue weighted by Crippen LogP contribution is 2.57. The Morgan fingerprint density at radius 3 is 2.18 bits per heavy atom. The van der Waals surface area contributed by atoms with E-state index in [1.807, 2.05) is 36.0 Å². The van der Waals surface area contributed by atoms with Crippen molar-refractivity contribution in [3.05, 3.63) is 139 Å². The summed E-state index contributed by atoms with van der Waals surface area (Å²) < 4.78 is 9.01. The minimum Gasteiger partial charge on any atom is -0.454 e. The maximum absolute atomic E-state index is 6.81. The molecule has 0 saturated heterocycles. The maximum Gasteiger partial charge on any atom is 0.235 e. The Kier molecular flexibility index (Phi) is 5.21. The van der Waals surface area contributed by atoms with Crippen LogP contribution in [0.25, 0.3) is 71.9 Å². The normalized spacial score (nSPS) is 14.5. The highest BCUT2D eigenvalue weighted by molar-refractivity contribution is 8.00. The van der Waals surface area contributed by atoms with Gasteiger partial charge in [0.05, 0.1) is 22.4 Å². The third-order valence-corrected chi connectivity index (χ3v) is 10.1. The van der Waals surface area contributed by atoms with Crippen molar-refractivity contribution in [2.75, 3.05) is 5.32 Å². The number of anilines is 1. The summed E-state index contributed by atoms with van der Waals surface area (Å²) >= 11 is 1.86.